The lowest BCUT2D eigenvalue weighted by atomic mass is 9.97. The number of nitrogens with two attached hydrogens (primary N) is 1. The summed E-state index contributed by atoms with van der Waals surface area (Å²) in [6, 6.07) is 18.2. The molecular weight excluding hydrogens is 264 g/mol. The maximum atomic E-state index is 12.1. The first-order valence-electron chi connectivity index (χ1n) is 6.60. The molecule has 0 aliphatic carbocycles. The molecule has 0 spiro atoms. The van der Waals surface area contributed by atoms with E-state index in [0.717, 1.165) is 11.1 Å². The molecule has 0 aromatic heterocycles. The van der Waals surface area contributed by atoms with E-state index in [1.54, 1.807) is 0 Å². The summed E-state index contributed by atoms with van der Waals surface area (Å²) in [5.41, 5.74) is 7.42. The third-order valence-electron chi connectivity index (χ3n) is 3.18. The number of hydrogen-bond acceptors (Lipinski definition) is 2. The number of nitrogens with zero attached hydrogens (tertiary/aromatic N) is 1. The predicted molar refractivity (Wildman–Crippen MR) is 82.9 cm³/mol. The fourth-order valence-corrected chi connectivity index (χ4v) is 2.25. The van der Waals surface area contributed by atoms with Gasteiger partial charge in [-0.1, -0.05) is 60.7 Å². The number of rotatable bonds is 3. The van der Waals surface area contributed by atoms with E-state index >= 15 is 0 Å². The van der Waals surface area contributed by atoms with E-state index in [4.69, 9.17) is 11.1 Å². The molecule has 4 N–H and O–H groups in total. The highest BCUT2D eigenvalue weighted by Crippen LogP contribution is 2.28. The van der Waals surface area contributed by atoms with Gasteiger partial charge in [0.2, 0.25) is 0 Å². The normalized spacial score (nSPS) is 10.2. The summed E-state index contributed by atoms with van der Waals surface area (Å²) >= 11 is 0. The number of carbonyl (C=O) groups excluding carboxylic acids is 1. The van der Waals surface area contributed by atoms with Crippen LogP contribution in [0.1, 0.15) is 17.2 Å². The van der Waals surface area contributed by atoms with Crippen LogP contribution in [0, 0.1) is 5.41 Å². The zero-order chi connectivity index (χ0) is 15.2. The van der Waals surface area contributed by atoms with Crippen LogP contribution in [-0.4, -0.2) is 23.9 Å². The molecule has 0 atom stereocenters. The molecule has 2 aromatic rings. The first kappa shape index (κ1) is 14.6. The van der Waals surface area contributed by atoms with E-state index in [1.165, 1.54) is 11.9 Å². The first-order chi connectivity index (χ1) is 10.1. The Morgan fingerprint density at radius 1 is 1.05 bits per heavy atom. The Bertz CT molecular complexity index is 573. The zero-order valence-electron chi connectivity index (χ0n) is 11.8. The Morgan fingerprint density at radius 3 is 1.81 bits per heavy atom. The van der Waals surface area contributed by atoms with E-state index in [2.05, 4.69) is 5.32 Å². The fourth-order valence-electron chi connectivity index (χ4n) is 2.25. The second kappa shape index (κ2) is 6.56. The second-order valence-electron chi connectivity index (χ2n) is 4.53. The molecular formula is C16H18N4O. The molecule has 0 saturated carbocycles. The van der Waals surface area contributed by atoms with E-state index in [1.807, 2.05) is 60.7 Å². The third kappa shape index (κ3) is 3.20. The number of guanidine groups is 1. The number of carbonyl (C=O) groups is 1. The summed E-state index contributed by atoms with van der Waals surface area (Å²) in [4.78, 5) is 13.4. The van der Waals surface area contributed by atoms with Crippen LogP contribution < -0.4 is 11.1 Å². The van der Waals surface area contributed by atoms with Gasteiger partial charge in [-0.25, -0.2) is 4.79 Å². The monoisotopic (exact) mass is 282 g/mol. The Morgan fingerprint density at radius 2 is 1.48 bits per heavy atom. The van der Waals surface area contributed by atoms with Crippen LogP contribution in [-0.2, 0) is 0 Å². The molecule has 0 heterocycles. The molecule has 0 saturated heterocycles. The van der Waals surface area contributed by atoms with Crippen LogP contribution >= 0.6 is 0 Å². The Hall–Kier alpha value is -2.82. The fraction of sp³-hybridized carbons (Fsp3) is 0.125. The van der Waals surface area contributed by atoms with Gasteiger partial charge < -0.3 is 11.1 Å². The first-order valence-corrected chi connectivity index (χ1v) is 6.60. The topological polar surface area (TPSA) is 82.2 Å². The average Bonchev–Trinajstić information content (AvgIpc) is 2.53. The van der Waals surface area contributed by atoms with Gasteiger partial charge in [0, 0.05) is 7.05 Å². The van der Waals surface area contributed by atoms with Crippen molar-refractivity contribution in [2.75, 3.05) is 7.05 Å². The maximum Gasteiger partial charge on any atom is 0.324 e. The number of amides is 2. The summed E-state index contributed by atoms with van der Waals surface area (Å²) in [5.74, 6) is -0.299. The van der Waals surface area contributed by atoms with Crippen molar-refractivity contribution in [2.45, 2.75) is 6.04 Å². The quantitative estimate of drug-likeness (QED) is 0.596. The molecule has 5 nitrogen and oxygen atoms in total. The molecule has 0 fully saturated rings. The molecule has 2 rings (SSSR count). The SMILES string of the molecule is CNC(=O)N(C(=N)N)C(c1ccccc1)c1ccccc1. The van der Waals surface area contributed by atoms with E-state index < -0.39 is 12.1 Å². The lowest BCUT2D eigenvalue weighted by molar-refractivity contribution is 0.215. The minimum absolute atomic E-state index is 0.299. The van der Waals surface area contributed by atoms with Crippen LogP contribution in [0.3, 0.4) is 0 Å². The molecule has 21 heavy (non-hydrogen) atoms. The van der Waals surface area contributed by atoms with Crippen LogP contribution in [0.5, 0.6) is 0 Å². The highest BCUT2D eigenvalue weighted by Gasteiger charge is 2.28. The lowest BCUT2D eigenvalue weighted by Gasteiger charge is -2.30. The van der Waals surface area contributed by atoms with E-state index in [-0.39, 0.29) is 5.96 Å². The van der Waals surface area contributed by atoms with E-state index in [9.17, 15) is 4.79 Å². The van der Waals surface area contributed by atoms with Gasteiger partial charge in [-0.2, -0.15) is 0 Å². The largest absolute Gasteiger partial charge is 0.370 e. The van der Waals surface area contributed by atoms with Crippen molar-refractivity contribution in [1.29, 1.82) is 5.41 Å². The smallest absolute Gasteiger partial charge is 0.324 e. The summed E-state index contributed by atoms with van der Waals surface area (Å²) in [7, 11) is 1.52. The Labute approximate surface area is 123 Å². The average molecular weight is 282 g/mol. The molecule has 2 aromatic carbocycles. The number of nitrogens with one attached hydrogen (secondary N) is 2. The molecule has 5 heteroatoms. The van der Waals surface area contributed by atoms with Crippen LogP contribution in [0.25, 0.3) is 0 Å². The molecule has 0 aliphatic heterocycles. The van der Waals surface area contributed by atoms with Gasteiger partial charge in [-0.15, -0.1) is 0 Å². The lowest BCUT2D eigenvalue weighted by Crippen LogP contribution is -2.48. The number of urea groups is 1. The highest BCUT2D eigenvalue weighted by molar-refractivity contribution is 5.94. The van der Waals surface area contributed by atoms with Crippen molar-refractivity contribution in [3.63, 3.8) is 0 Å². The van der Waals surface area contributed by atoms with Crippen LogP contribution in [0.2, 0.25) is 0 Å². The van der Waals surface area contributed by atoms with Crippen molar-refractivity contribution in [3.05, 3.63) is 71.8 Å². The minimum Gasteiger partial charge on any atom is -0.370 e. The molecule has 0 aliphatic rings. The van der Waals surface area contributed by atoms with Gasteiger partial charge in [0.1, 0.15) is 0 Å². The van der Waals surface area contributed by atoms with Gasteiger partial charge in [0.15, 0.2) is 5.96 Å². The molecule has 0 radical (unpaired) electrons. The molecule has 108 valence electrons. The third-order valence-corrected chi connectivity index (χ3v) is 3.18. The number of benzene rings is 2. The zero-order valence-corrected chi connectivity index (χ0v) is 11.8. The van der Waals surface area contributed by atoms with Gasteiger partial charge in [-0.3, -0.25) is 10.3 Å². The van der Waals surface area contributed by atoms with Crippen molar-refractivity contribution in [1.82, 2.24) is 10.2 Å². The molecule has 2 amide bonds. The van der Waals surface area contributed by atoms with Crippen molar-refractivity contribution in [3.8, 4) is 0 Å². The van der Waals surface area contributed by atoms with E-state index in [0.29, 0.717) is 0 Å². The summed E-state index contributed by atoms with van der Waals surface area (Å²) in [5, 5.41) is 10.3. The standard InChI is InChI=1S/C16H18N4O/c1-19-16(21)20(15(17)18)14(12-8-4-2-5-9-12)13-10-6-3-7-11-13/h2-11,14H,1H3,(H3,17,18)(H,19,21). The highest BCUT2D eigenvalue weighted by atomic mass is 16.2. The molecule has 0 bridgehead atoms. The molecule has 0 unspecified atom stereocenters. The maximum absolute atomic E-state index is 12.1. The van der Waals surface area contributed by atoms with Crippen molar-refractivity contribution in [2.24, 2.45) is 5.73 Å². The summed E-state index contributed by atoms with van der Waals surface area (Å²) < 4.78 is 0. The number of hydrogen-bond donors (Lipinski definition) is 3. The van der Waals surface area contributed by atoms with Crippen LogP contribution in [0.15, 0.2) is 60.7 Å². The Balaban J connectivity index is 2.55. The second-order valence-corrected chi connectivity index (χ2v) is 4.53. The van der Waals surface area contributed by atoms with Gasteiger partial charge in [0.05, 0.1) is 6.04 Å². The predicted octanol–water partition coefficient (Wildman–Crippen LogP) is 2.31. The van der Waals surface area contributed by atoms with Crippen molar-refractivity contribution < 1.29 is 4.79 Å². The summed E-state index contributed by atoms with van der Waals surface area (Å²) in [6.07, 6.45) is 0. The summed E-state index contributed by atoms with van der Waals surface area (Å²) in [6.45, 7) is 0. The van der Waals surface area contributed by atoms with Crippen molar-refractivity contribution >= 4 is 12.0 Å². The van der Waals surface area contributed by atoms with Gasteiger partial charge >= 0.3 is 6.03 Å². The van der Waals surface area contributed by atoms with Crippen LogP contribution in [0.4, 0.5) is 4.79 Å². The minimum atomic E-state index is -0.440. The Kier molecular flexibility index (Phi) is 4.56. The van der Waals surface area contributed by atoms with Gasteiger partial charge in [0.25, 0.3) is 0 Å². The van der Waals surface area contributed by atoms with Gasteiger partial charge in [-0.05, 0) is 11.1 Å².